The SMILES string of the molecule is COc1ccc(NC(=O)CSc2nc3ccccc3c(=O)n2-c2ccccc2)cc1OC. The van der Waals surface area contributed by atoms with Gasteiger partial charge in [0.05, 0.1) is 36.6 Å². The minimum Gasteiger partial charge on any atom is -0.493 e. The van der Waals surface area contributed by atoms with Crippen LogP contribution in [0.1, 0.15) is 0 Å². The smallest absolute Gasteiger partial charge is 0.266 e. The molecule has 8 heteroatoms. The number of carbonyl (C=O) groups excluding carboxylic acids is 1. The van der Waals surface area contributed by atoms with Crippen LogP contribution in [-0.2, 0) is 4.79 Å². The Hall–Kier alpha value is -3.78. The summed E-state index contributed by atoms with van der Waals surface area (Å²) < 4.78 is 12.0. The maximum Gasteiger partial charge on any atom is 0.266 e. The van der Waals surface area contributed by atoms with Gasteiger partial charge in [-0.05, 0) is 36.4 Å². The Morgan fingerprint density at radius 3 is 2.44 bits per heavy atom. The number of hydrogen-bond acceptors (Lipinski definition) is 6. The van der Waals surface area contributed by atoms with Crippen molar-refractivity contribution in [3.8, 4) is 17.2 Å². The fourth-order valence-electron chi connectivity index (χ4n) is 3.26. The summed E-state index contributed by atoms with van der Waals surface area (Å²) in [6.07, 6.45) is 0. The molecule has 0 saturated carbocycles. The molecule has 0 bridgehead atoms. The molecule has 0 aliphatic heterocycles. The van der Waals surface area contributed by atoms with E-state index in [1.54, 1.807) is 37.4 Å². The molecule has 0 spiro atoms. The predicted octanol–water partition coefficient (Wildman–Crippen LogP) is 4.13. The zero-order chi connectivity index (χ0) is 22.5. The molecule has 1 aromatic heterocycles. The number of ether oxygens (including phenoxy) is 2. The van der Waals surface area contributed by atoms with Crippen LogP contribution in [0.25, 0.3) is 16.6 Å². The van der Waals surface area contributed by atoms with Gasteiger partial charge in [-0.2, -0.15) is 0 Å². The topological polar surface area (TPSA) is 82.5 Å². The molecule has 0 unspecified atom stereocenters. The minimum atomic E-state index is -0.232. The van der Waals surface area contributed by atoms with Gasteiger partial charge < -0.3 is 14.8 Å². The van der Waals surface area contributed by atoms with Crippen molar-refractivity contribution >= 4 is 34.3 Å². The number of thioether (sulfide) groups is 1. The second kappa shape index (κ2) is 9.57. The van der Waals surface area contributed by atoms with Gasteiger partial charge in [0.2, 0.25) is 5.91 Å². The molecule has 1 amide bonds. The van der Waals surface area contributed by atoms with E-state index in [1.807, 2.05) is 42.5 Å². The molecule has 1 heterocycles. The first kappa shape index (κ1) is 21.5. The maximum atomic E-state index is 13.2. The Morgan fingerprint density at radius 1 is 0.969 bits per heavy atom. The largest absolute Gasteiger partial charge is 0.493 e. The number of hydrogen-bond donors (Lipinski definition) is 1. The molecule has 3 aromatic carbocycles. The molecule has 0 fully saturated rings. The second-order valence-electron chi connectivity index (χ2n) is 6.79. The van der Waals surface area contributed by atoms with Crippen LogP contribution in [0.3, 0.4) is 0 Å². The van der Waals surface area contributed by atoms with Gasteiger partial charge in [0.15, 0.2) is 16.7 Å². The molecule has 162 valence electrons. The number of methoxy groups -OCH3 is 2. The van der Waals surface area contributed by atoms with E-state index in [9.17, 15) is 9.59 Å². The molecule has 7 nitrogen and oxygen atoms in total. The van der Waals surface area contributed by atoms with Crippen LogP contribution in [0.5, 0.6) is 11.5 Å². The highest BCUT2D eigenvalue weighted by Gasteiger charge is 2.15. The minimum absolute atomic E-state index is 0.0754. The van der Waals surface area contributed by atoms with Gasteiger partial charge in [-0.3, -0.25) is 14.2 Å². The average molecular weight is 448 g/mol. The molecule has 32 heavy (non-hydrogen) atoms. The van der Waals surface area contributed by atoms with Gasteiger partial charge in [-0.25, -0.2) is 4.98 Å². The highest BCUT2D eigenvalue weighted by atomic mass is 32.2. The summed E-state index contributed by atoms with van der Waals surface area (Å²) in [6, 6.07) is 21.6. The number of nitrogens with one attached hydrogen (secondary N) is 1. The van der Waals surface area contributed by atoms with Gasteiger partial charge in [-0.15, -0.1) is 0 Å². The van der Waals surface area contributed by atoms with Gasteiger partial charge in [0.1, 0.15) is 0 Å². The van der Waals surface area contributed by atoms with Crippen LogP contribution in [-0.4, -0.2) is 35.4 Å². The zero-order valence-corrected chi connectivity index (χ0v) is 18.4. The standard InChI is InChI=1S/C24H21N3O4S/c1-30-20-13-12-16(14-21(20)31-2)25-22(28)15-32-24-26-19-11-7-6-10-18(19)23(29)27(24)17-8-4-3-5-9-17/h3-14H,15H2,1-2H3,(H,25,28). The lowest BCUT2D eigenvalue weighted by Gasteiger charge is -2.13. The summed E-state index contributed by atoms with van der Waals surface area (Å²) in [4.78, 5) is 30.5. The molecule has 0 radical (unpaired) electrons. The van der Waals surface area contributed by atoms with Crippen molar-refractivity contribution in [2.45, 2.75) is 5.16 Å². The molecular weight excluding hydrogens is 426 g/mol. The fourth-order valence-corrected chi connectivity index (χ4v) is 4.07. The number of rotatable bonds is 7. The first-order valence-corrected chi connectivity index (χ1v) is 10.8. The normalized spacial score (nSPS) is 10.7. The molecule has 0 saturated heterocycles. The molecule has 4 rings (SSSR count). The van der Waals surface area contributed by atoms with Crippen LogP contribution in [0.15, 0.2) is 82.7 Å². The monoisotopic (exact) mass is 447 g/mol. The van der Waals surface area contributed by atoms with Crippen molar-refractivity contribution in [1.29, 1.82) is 0 Å². The first-order chi connectivity index (χ1) is 15.6. The number of nitrogens with zero attached hydrogens (tertiary/aromatic N) is 2. The number of benzene rings is 3. The number of fused-ring (bicyclic) bond motifs is 1. The van der Waals surface area contributed by atoms with Crippen molar-refractivity contribution in [1.82, 2.24) is 9.55 Å². The van der Waals surface area contributed by atoms with Crippen LogP contribution in [0.2, 0.25) is 0 Å². The fraction of sp³-hybridized carbons (Fsp3) is 0.125. The Kier molecular flexibility index (Phi) is 6.42. The van der Waals surface area contributed by atoms with Crippen molar-refractivity contribution in [2.24, 2.45) is 0 Å². The van der Waals surface area contributed by atoms with Crippen LogP contribution < -0.4 is 20.3 Å². The number of carbonyl (C=O) groups is 1. The van der Waals surface area contributed by atoms with Crippen molar-refractivity contribution in [2.75, 3.05) is 25.3 Å². The molecule has 0 aliphatic rings. The van der Waals surface area contributed by atoms with Gasteiger partial charge in [0.25, 0.3) is 5.56 Å². The highest BCUT2D eigenvalue weighted by Crippen LogP contribution is 2.30. The van der Waals surface area contributed by atoms with Crippen molar-refractivity contribution in [3.63, 3.8) is 0 Å². The van der Waals surface area contributed by atoms with Gasteiger partial charge in [0, 0.05) is 11.8 Å². The van der Waals surface area contributed by atoms with E-state index in [4.69, 9.17) is 9.47 Å². The first-order valence-electron chi connectivity index (χ1n) is 9.82. The Bertz CT molecular complexity index is 1320. The van der Waals surface area contributed by atoms with Crippen LogP contribution in [0, 0.1) is 0 Å². The van der Waals surface area contributed by atoms with E-state index < -0.39 is 0 Å². The number of amides is 1. The summed E-state index contributed by atoms with van der Waals surface area (Å²) in [5.74, 6) is 0.940. The van der Waals surface area contributed by atoms with Crippen molar-refractivity contribution < 1.29 is 14.3 Å². The second-order valence-corrected chi connectivity index (χ2v) is 7.74. The molecule has 1 N–H and O–H groups in total. The molecule has 0 atom stereocenters. The Morgan fingerprint density at radius 2 is 1.69 bits per heavy atom. The highest BCUT2D eigenvalue weighted by molar-refractivity contribution is 7.99. The predicted molar refractivity (Wildman–Crippen MR) is 126 cm³/mol. The molecule has 0 aliphatic carbocycles. The number of para-hydroxylation sites is 2. The summed E-state index contributed by atoms with van der Waals surface area (Å²) in [5, 5.41) is 3.81. The summed E-state index contributed by atoms with van der Waals surface area (Å²) in [6.45, 7) is 0. The molecule has 4 aromatic rings. The molecular formula is C24H21N3O4S. The lowest BCUT2D eigenvalue weighted by atomic mass is 10.2. The summed E-state index contributed by atoms with van der Waals surface area (Å²) in [5.41, 5.74) is 1.69. The van der Waals surface area contributed by atoms with Crippen LogP contribution >= 0.6 is 11.8 Å². The van der Waals surface area contributed by atoms with E-state index in [0.29, 0.717) is 38.9 Å². The van der Waals surface area contributed by atoms with Gasteiger partial charge in [-0.1, -0.05) is 42.1 Å². The third kappa shape index (κ3) is 4.45. The van der Waals surface area contributed by atoms with E-state index in [-0.39, 0.29) is 17.2 Å². The third-order valence-corrected chi connectivity index (χ3v) is 5.70. The van der Waals surface area contributed by atoms with E-state index >= 15 is 0 Å². The third-order valence-electron chi connectivity index (χ3n) is 4.76. The van der Waals surface area contributed by atoms with Crippen LogP contribution in [0.4, 0.5) is 5.69 Å². The van der Waals surface area contributed by atoms with Gasteiger partial charge >= 0.3 is 0 Å². The lowest BCUT2D eigenvalue weighted by Crippen LogP contribution is -2.22. The van der Waals surface area contributed by atoms with E-state index in [2.05, 4.69) is 10.3 Å². The van der Waals surface area contributed by atoms with E-state index in [0.717, 1.165) is 0 Å². The van der Waals surface area contributed by atoms with E-state index in [1.165, 1.54) is 23.4 Å². The number of anilines is 1. The summed E-state index contributed by atoms with van der Waals surface area (Å²) >= 11 is 1.20. The maximum absolute atomic E-state index is 13.2. The Balaban J connectivity index is 1.60. The van der Waals surface area contributed by atoms with Crippen molar-refractivity contribution in [3.05, 3.63) is 83.2 Å². The summed E-state index contributed by atoms with van der Waals surface area (Å²) in [7, 11) is 3.09. The lowest BCUT2D eigenvalue weighted by molar-refractivity contribution is -0.113. The Labute approximate surface area is 189 Å². The average Bonchev–Trinajstić information content (AvgIpc) is 2.83. The quantitative estimate of drug-likeness (QED) is 0.339. The zero-order valence-electron chi connectivity index (χ0n) is 17.6. The number of aromatic nitrogens is 2.